The van der Waals surface area contributed by atoms with Crippen LogP contribution in [0, 0.1) is 65.9 Å². The van der Waals surface area contributed by atoms with E-state index in [1.54, 1.807) is 55.5 Å². The number of nitrogens with two attached hydrogens (primary N) is 1. The summed E-state index contributed by atoms with van der Waals surface area (Å²) in [6.45, 7) is 8.60. The van der Waals surface area contributed by atoms with Gasteiger partial charge in [-0.1, -0.05) is 185 Å². The average Bonchev–Trinajstić information content (AvgIpc) is 3.63. The fraction of sp³-hybridized carbons (Fsp3) is 0.135. The molecule has 22 heteroatoms. The first-order valence-corrected chi connectivity index (χ1v) is 26.8. The van der Waals surface area contributed by atoms with E-state index in [0.29, 0.717) is 107 Å². The van der Waals surface area contributed by atoms with Crippen LogP contribution in [-0.2, 0) is 18.4 Å². The average molecular weight is 1320 g/mol. The maximum absolute atomic E-state index is 10.4. The molecule has 386 valence electrons. The molecule has 7 aromatic carbocycles. The molecule has 0 radical (unpaired) electrons. The van der Waals surface area contributed by atoms with Gasteiger partial charge in [-0.3, -0.25) is 15.5 Å². The Morgan fingerprint density at radius 2 is 1.08 bits per heavy atom. The van der Waals surface area contributed by atoms with Crippen molar-refractivity contribution in [2.75, 3.05) is 5.73 Å². The van der Waals surface area contributed by atoms with Gasteiger partial charge in [0.25, 0.3) is 5.69 Å². The number of alkyl halides is 1. The first-order chi connectivity index (χ1) is 34.7. The number of benzene rings is 7. The molecule has 0 fully saturated rings. The maximum Gasteiger partial charge on any atom is 0.273 e. The molecule has 0 saturated carbocycles. The zero-order chi connectivity index (χ0) is 55.7. The van der Waals surface area contributed by atoms with Gasteiger partial charge in [0.05, 0.1) is 88.5 Å². The predicted molar refractivity (Wildman–Crippen MR) is 318 cm³/mol. The van der Waals surface area contributed by atoms with Crippen molar-refractivity contribution in [3.63, 3.8) is 0 Å². The molecule has 0 spiro atoms. The molecule has 0 aromatic heterocycles. The lowest BCUT2D eigenvalue weighted by atomic mass is 10.1. The zero-order valence-electron chi connectivity index (χ0n) is 38.9. The zero-order valence-corrected chi connectivity index (χ0v) is 50.3. The third-order valence-corrected chi connectivity index (χ3v) is 15.1. The van der Waals surface area contributed by atoms with E-state index in [4.69, 9.17) is 172 Å². The summed E-state index contributed by atoms with van der Waals surface area (Å²) in [5, 5.41) is 42.9. The van der Waals surface area contributed by atoms with Crippen molar-refractivity contribution in [1.29, 1.82) is 15.9 Å². The van der Waals surface area contributed by atoms with Crippen LogP contribution in [0.25, 0.3) is 0 Å². The molecule has 8 nitrogen and oxygen atoms in total. The van der Waals surface area contributed by atoms with E-state index in [2.05, 4.69) is 15.9 Å². The maximum atomic E-state index is 10.4. The number of hydrogen-bond acceptors (Lipinski definition) is 6. The molecular weight excluding hydrogens is 1280 g/mol. The highest BCUT2D eigenvalue weighted by molar-refractivity contribution is 9.08. The Balaban J connectivity index is 0.000000240. The highest BCUT2D eigenvalue weighted by atomic mass is 79.9. The molecule has 0 amide bonds. The van der Waals surface area contributed by atoms with Crippen molar-refractivity contribution in [3.05, 3.63) is 234 Å². The number of halogens is 14. The SMILES string of the molecule is Cc1cc(Cl)c(Cl)cc1C#N.Cc1cc(Cl)c(Cl)cc1N.Cc1cc(Cl)c(Cl)cc1[N+](=O)[O-].Cc1ccc(Cl)c(Cl)c1.N#Cc1cc(Cl)c(Cl)cc1CBr.N=C1c2cc(Cl)c(Cl)cc2CN1Cc1cccc(Cl)c1. The summed E-state index contributed by atoms with van der Waals surface area (Å²) in [6.07, 6.45) is 0. The number of nitrogen functional groups attached to an aromatic ring is 1. The van der Waals surface area contributed by atoms with E-state index in [1.807, 2.05) is 80.3 Å². The van der Waals surface area contributed by atoms with Crippen molar-refractivity contribution in [2.24, 2.45) is 0 Å². The number of nitro groups is 1. The molecule has 1 aliphatic rings. The third kappa shape index (κ3) is 19.8. The minimum atomic E-state index is -0.489. The Bertz CT molecular complexity index is 3220. The van der Waals surface area contributed by atoms with Crippen LogP contribution >= 0.6 is 167 Å². The molecule has 8 rings (SSSR count). The van der Waals surface area contributed by atoms with E-state index in [9.17, 15) is 10.1 Å². The molecule has 0 atom stereocenters. The third-order valence-electron chi connectivity index (χ3n) is 9.96. The number of nitrogens with zero attached hydrogens (tertiary/aromatic N) is 4. The smallest absolute Gasteiger partial charge is 0.273 e. The number of fused-ring (bicyclic) bond motifs is 1. The number of amidine groups is 1. The van der Waals surface area contributed by atoms with Gasteiger partial charge >= 0.3 is 0 Å². The monoisotopic (exact) mass is 1310 g/mol. The van der Waals surface area contributed by atoms with E-state index >= 15 is 0 Å². The van der Waals surface area contributed by atoms with Crippen molar-refractivity contribution in [3.8, 4) is 12.1 Å². The van der Waals surface area contributed by atoms with Gasteiger partial charge in [0.15, 0.2) is 0 Å². The highest BCUT2D eigenvalue weighted by Gasteiger charge is 2.25. The molecule has 3 N–H and O–H groups in total. The first kappa shape index (κ1) is 64.7. The normalized spacial score (nSPS) is 10.8. The molecule has 74 heavy (non-hydrogen) atoms. The van der Waals surface area contributed by atoms with Gasteiger partial charge in [-0.2, -0.15) is 10.5 Å². The van der Waals surface area contributed by atoms with Crippen LogP contribution in [0.2, 0.25) is 65.3 Å². The predicted octanol–water partition coefficient (Wildman–Crippen LogP) is 21.3. The molecule has 0 saturated heterocycles. The lowest BCUT2D eigenvalue weighted by molar-refractivity contribution is -0.385. The molecule has 7 aromatic rings. The summed E-state index contributed by atoms with van der Waals surface area (Å²) in [4.78, 5) is 11.9. The van der Waals surface area contributed by atoms with E-state index in [-0.39, 0.29) is 10.7 Å². The summed E-state index contributed by atoms with van der Waals surface area (Å²) in [6, 6.07) is 33.5. The summed E-state index contributed by atoms with van der Waals surface area (Å²) in [7, 11) is 0. The second-order valence-corrected chi connectivity index (χ2v) is 21.4. The second-order valence-electron chi connectivity index (χ2n) is 15.5. The van der Waals surface area contributed by atoms with Crippen molar-refractivity contribution >= 4 is 184 Å². The molecule has 1 aliphatic heterocycles. The summed E-state index contributed by atoms with van der Waals surface area (Å²) in [5.74, 6) is 0.471. The van der Waals surface area contributed by atoms with Crippen molar-refractivity contribution in [2.45, 2.75) is 46.1 Å². The standard InChI is InChI=1S/C15H11Cl3N2.C8H4BrCl2N.C8H5Cl2N.C7H5Cl2NO2.C7H7Cl2N.C7H6Cl2/c16-11-3-1-2-9(4-11)7-20-8-10-5-13(17)14(18)6-12(10)15(20)19;9-3-5-1-7(10)8(11)2-6(5)4-12;1-5-2-7(9)8(10)3-6(5)4-11;1-4-2-5(8)6(9)3-7(4)10(11)12;1-4-2-5(8)6(9)3-7(4)10;1-5-2-3-6(8)7(9)4-5/h1-6,19H,7-8H2;1-2H,3H2;2-3H,1H3;2-3H,1H3;2-3H,10H2,1H3;2-4H,1H3. The van der Waals surface area contributed by atoms with Gasteiger partial charge in [-0.15, -0.1) is 0 Å². The van der Waals surface area contributed by atoms with Crippen molar-refractivity contribution < 1.29 is 4.92 Å². The van der Waals surface area contributed by atoms with Crippen LogP contribution in [0.4, 0.5) is 11.4 Å². The lowest BCUT2D eigenvalue weighted by Crippen LogP contribution is -2.23. The Hall–Kier alpha value is -3.56. The van der Waals surface area contributed by atoms with Crippen LogP contribution in [0.5, 0.6) is 0 Å². The number of nitriles is 2. The van der Waals surface area contributed by atoms with Crippen molar-refractivity contribution in [1.82, 2.24) is 4.90 Å². The number of nitro benzene ring substituents is 1. The van der Waals surface area contributed by atoms with Crippen LogP contribution in [0.3, 0.4) is 0 Å². The van der Waals surface area contributed by atoms with E-state index in [1.165, 1.54) is 12.1 Å². The van der Waals surface area contributed by atoms with Gasteiger partial charge in [0.2, 0.25) is 0 Å². The molecule has 0 bridgehead atoms. The summed E-state index contributed by atoms with van der Waals surface area (Å²) >= 11 is 78.1. The van der Waals surface area contributed by atoms with E-state index in [0.717, 1.165) is 38.9 Å². The Morgan fingerprint density at radius 3 is 1.61 bits per heavy atom. The number of anilines is 1. The van der Waals surface area contributed by atoms with Gasteiger partial charge in [-0.25, -0.2) is 0 Å². The fourth-order valence-corrected chi connectivity index (χ4v) is 8.93. The van der Waals surface area contributed by atoms with Gasteiger partial charge in [-0.05, 0) is 140 Å². The number of aryl methyl sites for hydroxylation is 4. The number of rotatable bonds is 4. The molecule has 0 aliphatic carbocycles. The van der Waals surface area contributed by atoms with Crippen LogP contribution in [0.15, 0.2) is 103 Å². The number of nitrogens with one attached hydrogen (secondary N) is 1. The highest BCUT2D eigenvalue weighted by Crippen LogP contribution is 2.34. The van der Waals surface area contributed by atoms with Crippen LogP contribution < -0.4 is 5.73 Å². The quantitative estimate of drug-likeness (QED) is 0.0777. The van der Waals surface area contributed by atoms with Crippen LogP contribution in [-0.4, -0.2) is 15.7 Å². The van der Waals surface area contributed by atoms with Crippen LogP contribution in [0.1, 0.15) is 55.6 Å². The van der Waals surface area contributed by atoms with E-state index < -0.39 is 4.92 Å². The van der Waals surface area contributed by atoms with Gasteiger partial charge < -0.3 is 10.6 Å². The Morgan fingerprint density at radius 1 is 0.595 bits per heavy atom. The summed E-state index contributed by atoms with van der Waals surface area (Å²) < 4.78 is 0. The topological polar surface area (TPSA) is 144 Å². The second kappa shape index (κ2) is 31.0. The molecular formula is C52H38BrCl13N6O2. The Labute approximate surface area is 502 Å². The summed E-state index contributed by atoms with van der Waals surface area (Å²) in [5.41, 5.74) is 14.6. The fourth-order valence-electron chi connectivity index (χ4n) is 6.05. The largest absolute Gasteiger partial charge is 0.398 e. The minimum absolute atomic E-state index is 0.00981. The first-order valence-electron chi connectivity index (χ1n) is 20.8. The lowest BCUT2D eigenvalue weighted by Gasteiger charge is -2.18. The minimum Gasteiger partial charge on any atom is -0.398 e. The van der Waals surface area contributed by atoms with Gasteiger partial charge in [0, 0.05) is 46.3 Å². The molecule has 1 heterocycles. The molecule has 0 unspecified atom stereocenters. The van der Waals surface area contributed by atoms with Gasteiger partial charge in [0.1, 0.15) is 5.84 Å². The number of hydrogen-bond donors (Lipinski definition) is 2. The Kier molecular flexibility index (Phi) is 27.1.